The van der Waals surface area contributed by atoms with E-state index in [1.54, 1.807) is 24.7 Å². The summed E-state index contributed by atoms with van der Waals surface area (Å²) in [6, 6.07) is 29.3. The third-order valence-corrected chi connectivity index (χ3v) is 6.24. The molecule has 2 heterocycles. The largest absolute Gasteiger partial charge is 0.316 e. The molecule has 0 saturated carbocycles. The van der Waals surface area contributed by atoms with Gasteiger partial charge in [-0.25, -0.2) is 4.68 Å². The van der Waals surface area contributed by atoms with Crippen LogP contribution in [0, 0.1) is 6.92 Å². The number of carbonyl (C=O) groups is 1. The van der Waals surface area contributed by atoms with E-state index in [9.17, 15) is 9.59 Å². The first kappa shape index (κ1) is 23.8. The summed E-state index contributed by atoms with van der Waals surface area (Å²) in [4.78, 5) is 26.0. The van der Waals surface area contributed by atoms with Crippen molar-refractivity contribution in [3.05, 3.63) is 130 Å². The molecule has 0 bridgehead atoms. The van der Waals surface area contributed by atoms with Gasteiger partial charge in [0.1, 0.15) is 5.69 Å². The van der Waals surface area contributed by atoms with Crippen molar-refractivity contribution in [3.63, 3.8) is 0 Å². The lowest BCUT2D eigenvalue weighted by Gasteiger charge is -2.07. The number of anilines is 1. The highest BCUT2D eigenvalue weighted by Gasteiger charge is 2.17. The highest BCUT2D eigenvalue weighted by atomic mass is 16.2. The van der Waals surface area contributed by atoms with Crippen LogP contribution in [0.2, 0.25) is 0 Å². The van der Waals surface area contributed by atoms with Gasteiger partial charge in [0, 0.05) is 30.4 Å². The zero-order valence-corrected chi connectivity index (χ0v) is 20.7. The summed E-state index contributed by atoms with van der Waals surface area (Å²) in [6.45, 7) is 2.42. The molecule has 0 aliphatic heterocycles. The van der Waals surface area contributed by atoms with E-state index < -0.39 is 0 Å². The monoisotopic (exact) mass is 489 g/mol. The summed E-state index contributed by atoms with van der Waals surface area (Å²) >= 11 is 0. The smallest absolute Gasteiger partial charge is 0.295 e. The number of carbonyl (C=O) groups excluding carboxylic acids is 1. The van der Waals surface area contributed by atoms with E-state index in [0.29, 0.717) is 12.2 Å². The average Bonchev–Trinajstić information content (AvgIpc) is 3.42. The van der Waals surface area contributed by atoms with Crippen molar-refractivity contribution in [2.45, 2.75) is 13.5 Å². The van der Waals surface area contributed by atoms with Crippen molar-refractivity contribution >= 4 is 17.7 Å². The van der Waals surface area contributed by atoms with Crippen LogP contribution in [0.1, 0.15) is 16.8 Å². The molecule has 0 unspecified atom stereocenters. The molecule has 7 nitrogen and oxygen atoms in total. The van der Waals surface area contributed by atoms with Crippen LogP contribution in [-0.4, -0.2) is 25.1 Å². The van der Waals surface area contributed by atoms with Gasteiger partial charge in [0.2, 0.25) is 5.91 Å². The molecule has 5 rings (SSSR count). The molecule has 1 amide bonds. The SMILES string of the molecule is Cc1c(NC(=O)C=Cc2cn(Cc3ccccc3)nc2-c2ccccc2)c(=O)n(-c2ccccc2)n1C. The lowest BCUT2D eigenvalue weighted by molar-refractivity contribution is -0.111. The molecule has 3 aromatic carbocycles. The predicted molar refractivity (Wildman–Crippen MR) is 147 cm³/mol. The van der Waals surface area contributed by atoms with Gasteiger partial charge < -0.3 is 5.32 Å². The Morgan fingerprint density at radius 2 is 1.54 bits per heavy atom. The standard InChI is InChI=1S/C30H27N5O2/c1-22-28(30(37)35(33(22)2)26-16-10-5-11-17-26)31-27(36)19-18-25-21-34(20-23-12-6-3-7-13-23)32-29(25)24-14-8-4-9-15-24/h3-19,21H,20H2,1-2H3,(H,31,36). The number of hydrogen-bond donors (Lipinski definition) is 1. The fourth-order valence-corrected chi connectivity index (χ4v) is 4.27. The summed E-state index contributed by atoms with van der Waals surface area (Å²) in [5, 5.41) is 7.57. The second kappa shape index (κ2) is 10.4. The molecular weight excluding hydrogens is 462 g/mol. The molecule has 37 heavy (non-hydrogen) atoms. The van der Waals surface area contributed by atoms with Crippen LogP contribution in [0.25, 0.3) is 23.0 Å². The minimum absolute atomic E-state index is 0.254. The normalized spacial score (nSPS) is 11.2. The Morgan fingerprint density at radius 3 is 2.22 bits per heavy atom. The second-order valence-electron chi connectivity index (χ2n) is 8.74. The Labute approximate surface area is 214 Å². The number of benzene rings is 3. The van der Waals surface area contributed by atoms with Crippen LogP contribution < -0.4 is 10.9 Å². The average molecular weight is 490 g/mol. The quantitative estimate of drug-likeness (QED) is 0.325. The minimum atomic E-state index is -0.388. The van der Waals surface area contributed by atoms with Crippen molar-refractivity contribution in [1.29, 1.82) is 0 Å². The van der Waals surface area contributed by atoms with Crippen molar-refractivity contribution < 1.29 is 4.79 Å². The summed E-state index contributed by atoms with van der Waals surface area (Å²) < 4.78 is 5.14. The summed E-state index contributed by atoms with van der Waals surface area (Å²) in [5.41, 5.74) is 5.04. The molecule has 0 saturated heterocycles. The number of nitrogens with one attached hydrogen (secondary N) is 1. The summed E-state index contributed by atoms with van der Waals surface area (Å²) in [7, 11) is 1.79. The third kappa shape index (κ3) is 5.06. The van der Waals surface area contributed by atoms with E-state index in [2.05, 4.69) is 17.4 Å². The fourth-order valence-electron chi connectivity index (χ4n) is 4.27. The zero-order chi connectivity index (χ0) is 25.8. The second-order valence-corrected chi connectivity index (χ2v) is 8.74. The molecule has 7 heteroatoms. The van der Waals surface area contributed by atoms with Crippen molar-refractivity contribution in [3.8, 4) is 16.9 Å². The van der Waals surface area contributed by atoms with Gasteiger partial charge in [0.25, 0.3) is 5.56 Å². The predicted octanol–water partition coefficient (Wildman–Crippen LogP) is 5.05. The van der Waals surface area contributed by atoms with Gasteiger partial charge in [-0.3, -0.25) is 19.0 Å². The highest BCUT2D eigenvalue weighted by Crippen LogP contribution is 2.24. The van der Waals surface area contributed by atoms with E-state index in [-0.39, 0.29) is 17.2 Å². The Bertz CT molecular complexity index is 1610. The molecule has 0 fully saturated rings. The Balaban J connectivity index is 1.42. The van der Waals surface area contributed by atoms with Crippen molar-refractivity contribution in [2.24, 2.45) is 7.05 Å². The van der Waals surface area contributed by atoms with Crippen LogP contribution in [0.15, 0.2) is 108 Å². The van der Waals surface area contributed by atoms with Gasteiger partial charge in [-0.15, -0.1) is 0 Å². The number of aromatic nitrogens is 4. The van der Waals surface area contributed by atoms with Gasteiger partial charge in [-0.1, -0.05) is 78.9 Å². The molecule has 184 valence electrons. The van der Waals surface area contributed by atoms with E-state index in [0.717, 1.165) is 28.1 Å². The number of hydrogen-bond acceptors (Lipinski definition) is 3. The lowest BCUT2D eigenvalue weighted by atomic mass is 10.1. The maximum Gasteiger partial charge on any atom is 0.295 e. The molecule has 0 atom stereocenters. The van der Waals surface area contributed by atoms with Crippen LogP contribution >= 0.6 is 0 Å². The maximum absolute atomic E-state index is 13.1. The summed E-state index contributed by atoms with van der Waals surface area (Å²) in [5.74, 6) is -0.388. The van der Waals surface area contributed by atoms with Gasteiger partial charge >= 0.3 is 0 Å². The van der Waals surface area contributed by atoms with Crippen LogP contribution in [0.5, 0.6) is 0 Å². The molecule has 0 spiro atoms. The van der Waals surface area contributed by atoms with E-state index in [4.69, 9.17) is 5.10 Å². The molecule has 2 aromatic heterocycles. The molecule has 0 radical (unpaired) electrons. The Kier molecular flexibility index (Phi) is 6.68. The van der Waals surface area contributed by atoms with Gasteiger partial charge in [0.15, 0.2) is 0 Å². The fraction of sp³-hybridized carbons (Fsp3) is 0.100. The van der Waals surface area contributed by atoms with Crippen LogP contribution in [0.3, 0.4) is 0 Å². The van der Waals surface area contributed by atoms with Crippen molar-refractivity contribution in [1.82, 2.24) is 19.1 Å². The van der Waals surface area contributed by atoms with E-state index in [1.165, 1.54) is 10.8 Å². The first-order valence-electron chi connectivity index (χ1n) is 12.0. The topological polar surface area (TPSA) is 73.8 Å². The lowest BCUT2D eigenvalue weighted by Crippen LogP contribution is -2.22. The Morgan fingerprint density at radius 1 is 0.919 bits per heavy atom. The molecule has 1 N–H and O–H groups in total. The van der Waals surface area contributed by atoms with Gasteiger partial charge in [0.05, 0.1) is 23.6 Å². The van der Waals surface area contributed by atoms with Crippen molar-refractivity contribution in [2.75, 3.05) is 5.32 Å². The highest BCUT2D eigenvalue weighted by molar-refractivity contribution is 6.02. The first-order valence-corrected chi connectivity index (χ1v) is 12.0. The number of nitrogens with zero attached hydrogens (tertiary/aromatic N) is 4. The third-order valence-electron chi connectivity index (χ3n) is 6.24. The van der Waals surface area contributed by atoms with E-state index >= 15 is 0 Å². The first-order chi connectivity index (χ1) is 18.0. The Hall–Kier alpha value is -4.91. The number of para-hydroxylation sites is 1. The van der Waals surface area contributed by atoms with Crippen LogP contribution in [0.4, 0.5) is 5.69 Å². The molecule has 0 aliphatic carbocycles. The molecule has 0 aliphatic rings. The maximum atomic E-state index is 13.1. The van der Waals surface area contributed by atoms with Gasteiger partial charge in [-0.2, -0.15) is 5.10 Å². The number of rotatable bonds is 7. The van der Waals surface area contributed by atoms with Crippen LogP contribution in [-0.2, 0) is 18.4 Å². The van der Waals surface area contributed by atoms with Gasteiger partial charge in [-0.05, 0) is 30.7 Å². The van der Waals surface area contributed by atoms with E-state index in [1.807, 2.05) is 89.7 Å². The zero-order valence-electron chi connectivity index (χ0n) is 20.7. The number of amides is 1. The minimum Gasteiger partial charge on any atom is -0.316 e. The summed E-state index contributed by atoms with van der Waals surface area (Å²) in [6.07, 6.45) is 5.10. The molecule has 5 aromatic rings. The molecular formula is C30H27N5O2.